The van der Waals surface area contributed by atoms with E-state index in [0.29, 0.717) is 11.9 Å². The molecule has 0 radical (unpaired) electrons. The summed E-state index contributed by atoms with van der Waals surface area (Å²) in [6, 6.07) is 0.688. The standard InChI is InChI=1S/C13H23N3O2/c1-3-5-12-14-15-13(18-12)16-8-6-11(7-9-16)10-17-4-2/h11H,3-10H2,1-2H3. The molecular weight excluding hydrogens is 230 g/mol. The van der Waals surface area contributed by atoms with Gasteiger partial charge >= 0.3 is 6.01 Å². The van der Waals surface area contributed by atoms with E-state index in [4.69, 9.17) is 9.15 Å². The van der Waals surface area contributed by atoms with Crippen molar-refractivity contribution in [1.29, 1.82) is 0 Å². The molecule has 2 rings (SSSR count). The Morgan fingerprint density at radius 3 is 2.72 bits per heavy atom. The van der Waals surface area contributed by atoms with Crippen LogP contribution in [-0.4, -0.2) is 36.5 Å². The smallest absolute Gasteiger partial charge is 0.318 e. The largest absolute Gasteiger partial charge is 0.408 e. The van der Waals surface area contributed by atoms with Gasteiger partial charge in [0.1, 0.15) is 0 Å². The Kier molecular flexibility index (Phi) is 4.99. The summed E-state index contributed by atoms with van der Waals surface area (Å²) < 4.78 is 11.1. The minimum atomic E-state index is 0.680. The Bertz CT molecular complexity index is 346. The van der Waals surface area contributed by atoms with Crippen molar-refractivity contribution in [3.63, 3.8) is 0 Å². The minimum Gasteiger partial charge on any atom is -0.408 e. The Morgan fingerprint density at radius 2 is 2.06 bits per heavy atom. The molecule has 0 saturated carbocycles. The van der Waals surface area contributed by atoms with Crippen LogP contribution >= 0.6 is 0 Å². The molecule has 0 bridgehead atoms. The lowest BCUT2D eigenvalue weighted by atomic mass is 9.98. The van der Waals surface area contributed by atoms with E-state index in [1.807, 2.05) is 6.92 Å². The fourth-order valence-corrected chi connectivity index (χ4v) is 2.26. The summed E-state index contributed by atoms with van der Waals surface area (Å²) in [6.07, 6.45) is 4.20. The van der Waals surface area contributed by atoms with Crippen LogP contribution in [0, 0.1) is 5.92 Å². The number of hydrogen-bond acceptors (Lipinski definition) is 5. The van der Waals surface area contributed by atoms with Gasteiger partial charge in [-0.2, -0.15) is 0 Å². The maximum Gasteiger partial charge on any atom is 0.318 e. The molecule has 0 amide bonds. The highest BCUT2D eigenvalue weighted by atomic mass is 16.5. The number of piperidine rings is 1. The Hall–Kier alpha value is -1.10. The van der Waals surface area contributed by atoms with Crippen molar-refractivity contribution in [3.8, 4) is 0 Å². The SMILES string of the molecule is CCCc1nnc(N2CCC(COCC)CC2)o1. The first-order chi connectivity index (χ1) is 8.83. The molecule has 0 N–H and O–H groups in total. The highest BCUT2D eigenvalue weighted by Gasteiger charge is 2.22. The highest BCUT2D eigenvalue weighted by Crippen LogP contribution is 2.22. The molecule has 1 aliphatic rings. The van der Waals surface area contributed by atoms with Gasteiger partial charge in [-0.15, -0.1) is 5.10 Å². The van der Waals surface area contributed by atoms with Crippen LogP contribution in [0.2, 0.25) is 0 Å². The topological polar surface area (TPSA) is 51.4 Å². The van der Waals surface area contributed by atoms with E-state index in [1.165, 1.54) is 0 Å². The molecule has 5 heteroatoms. The summed E-state index contributed by atoms with van der Waals surface area (Å²) in [5.74, 6) is 1.43. The number of rotatable bonds is 6. The molecule has 0 atom stereocenters. The van der Waals surface area contributed by atoms with Gasteiger partial charge in [-0.3, -0.25) is 0 Å². The molecular formula is C13H23N3O2. The zero-order valence-corrected chi connectivity index (χ0v) is 11.4. The fourth-order valence-electron chi connectivity index (χ4n) is 2.26. The summed E-state index contributed by atoms with van der Waals surface area (Å²) >= 11 is 0. The quantitative estimate of drug-likeness (QED) is 0.778. The molecule has 1 fully saturated rings. The van der Waals surface area contributed by atoms with Gasteiger partial charge in [-0.1, -0.05) is 12.0 Å². The van der Waals surface area contributed by atoms with Gasteiger partial charge in [0.2, 0.25) is 5.89 Å². The third-order valence-electron chi connectivity index (χ3n) is 3.36. The minimum absolute atomic E-state index is 0.680. The van der Waals surface area contributed by atoms with Crippen molar-refractivity contribution in [3.05, 3.63) is 5.89 Å². The van der Waals surface area contributed by atoms with E-state index in [1.54, 1.807) is 0 Å². The Labute approximate surface area is 109 Å². The zero-order valence-electron chi connectivity index (χ0n) is 11.4. The second-order valence-electron chi connectivity index (χ2n) is 4.82. The average Bonchev–Trinajstić information content (AvgIpc) is 2.86. The second-order valence-corrected chi connectivity index (χ2v) is 4.82. The first-order valence-electron chi connectivity index (χ1n) is 6.98. The molecule has 1 aromatic heterocycles. The highest BCUT2D eigenvalue weighted by molar-refractivity contribution is 5.24. The third-order valence-corrected chi connectivity index (χ3v) is 3.36. The second kappa shape index (κ2) is 6.73. The summed E-state index contributed by atoms with van der Waals surface area (Å²) in [7, 11) is 0. The van der Waals surface area contributed by atoms with E-state index in [9.17, 15) is 0 Å². The summed E-state index contributed by atoms with van der Waals surface area (Å²) in [6.45, 7) is 7.84. The lowest BCUT2D eigenvalue weighted by molar-refractivity contribution is 0.1000. The predicted octanol–water partition coefficient (Wildman–Crippen LogP) is 2.28. The van der Waals surface area contributed by atoms with Crippen molar-refractivity contribution in [2.75, 3.05) is 31.2 Å². The number of aromatic nitrogens is 2. The monoisotopic (exact) mass is 253 g/mol. The van der Waals surface area contributed by atoms with E-state index in [2.05, 4.69) is 22.0 Å². The Balaban J connectivity index is 1.81. The van der Waals surface area contributed by atoms with Gasteiger partial charge in [-0.05, 0) is 32.1 Å². The molecule has 2 heterocycles. The van der Waals surface area contributed by atoms with E-state index in [-0.39, 0.29) is 0 Å². The predicted molar refractivity (Wildman–Crippen MR) is 69.7 cm³/mol. The number of anilines is 1. The van der Waals surface area contributed by atoms with Crippen LogP contribution in [0.25, 0.3) is 0 Å². The van der Waals surface area contributed by atoms with Gasteiger partial charge in [-0.25, -0.2) is 0 Å². The van der Waals surface area contributed by atoms with Crippen LogP contribution in [0.4, 0.5) is 6.01 Å². The van der Waals surface area contributed by atoms with Gasteiger partial charge < -0.3 is 14.1 Å². The van der Waals surface area contributed by atoms with Crippen molar-refractivity contribution < 1.29 is 9.15 Å². The van der Waals surface area contributed by atoms with Crippen LogP contribution in [0.15, 0.2) is 4.42 Å². The van der Waals surface area contributed by atoms with Crippen LogP contribution in [0.1, 0.15) is 39.0 Å². The first kappa shape index (κ1) is 13.3. The van der Waals surface area contributed by atoms with Crippen LogP contribution in [0.3, 0.4) is 0 Å². The number of ether oxygens (including phenoxy) is 1. The Morgan fingerprint density at radius 1 is 1.28 bits per heavy atom. The van der Waals surface area contributed by atoms with Crippen LogP contribution in [0.5, 0.6) is 0 Å². The molecule has 0 unspecified atom stereocenters. The number of aryl methyl sites for hydroxylation is 1. The van der Waals surface area contributed by atoms with Gasteiger partial charge in [0, 0.05) is 32.7 Å². The fraction of sp³-hybridized carbons (Fsp3) is 0.846. The lowest BCUT2D eigenvalue weighted by Gasteiger charge is -2.30. The molecule has 1 aromatic rings. The number of hydrogen-bond donors (Lipinski definition) is 0. The van der Waals surface area contributed by atoms with Crippen LogP contribution < -0.4 is 4.90 Å². The normalized spacial score (nSPS) is 17.3. The average molecular weight is 253 g/mol. The summed E-state index contributed by atoms with van der Waals surface area (Å²) in [5.41, 5.74) is 0. The maximum absolute atomic E-state index is 5.65. The van der Waals surface area contributed by atoms with Gasteiger partial charge in [0.25, 0.3) is 0 Å². The van der Waals surface area contributed by atoms with Crippen molar-refractivity contribution in [2.45, 2.75) is 39.5 Å². The molecule has 5 nitrogen and oxygen atoms in total. The van der Waals surface area contributed by atoms with E-state index < -0.39 is 0 Å². The van der Waals surface area contributed by atoms with Gasteiger partial charge in [0.15, 0.2) is 0 Å². The van der Waals surface area contributed by atoms with Crippen molar-refractivity contribution >= 4 is 6.01 Å². The summed E-state index contributed by atoms with van der Waals surface area (Å²) in [4.78, 5) is 2.19. The zero-order chi connectivity index (χ0) is 12.8. The van der Waals surface area contributed by atoms with E-state index in [0.717, 1.165) is 57.9 Å². The number of nitrogens with zero attached hydrogens (tertiary/aromatic N) is 3. The molecule has 18 heavy (non-hydrogen) atoms. The lowest BCUT2D eigenvalue weighted by Crippen LogP contribution is -2.35. The first-order valence-corrected chi connectivity index (χ1v) is 6.98. The van der Waals surface area contributed by atoms with Crippen molar-refractivity contribution in [2.24, 2.45) is 5.92 Å². The third kappa shape index (κ3) is 3.45. The van der Waals surface area contributed by atoms with Crippen molar-refractivity contribution in [1.82, 2.24) is 10.2 Å². The van der Waals surface area contributed by atoms with Gasteiger partial charge in [0.05, 0.1) is 0 Å². The molecule has 0 spiro atoms. The molecule has 0 aromatic carbocycles. The molecule has 0 aliphatic carbocycles. The molecule has 102 valence electrons. The van der Waals surface area contributed by atoms with E-state index >= 15 is 0 Å². The molecule has 1 aliphatic heterocycles. The van der Waals surface area contributed by atoms with Crippen LogP contribution in [-0.2, 0) is 11.2 Å². The maximum atomic E-state index is 5.65. The summed E-state index contributed by atoms with van der Waals surface area (Å²) in [5, 5.41) is 8.19. The molecule has 1 saturated heterocycles.